The molecule has 2 aromatic carbocycles. The van der Waals surface area contributed by atoms with Gasteiger partial charge in [0.2, 0.25) is 0 Å². The van der Waals surface area contributed by atoms with Crippen molar-refractivity contribution in [1.29, 1.82) is 0 Å². The highest BCUT2D eigenvalue weighted by molar-refractivity contribution is 7.22. The first-order valence-corrected chi connectivity index (χ1v) is 10.2. The minimum Gasteiger partial charge on any atom is -0.495 e. The van der Waals surface area contributed by atoms with E-state index in [2.05, 4.69) is 54.5 Å². The number of hydrogen-bond donors (Lipinski definition) is 1. The summed E-state index contributed by atoms with van der Waals surface area (Å²) in [7, 11) is 1.70. The number of fused-ring (bicyclic) bond motifs is 2. The van der Waals surface area contributed by atoms with E-state index in [-0.39, 0.29) is 0 Å². The van der Waals surface area contributed by atoms with E-state index >= 15 is 0 Å². The third-order valence-electron chi connectivity index (χ3n) is 5.12. The number of aromatic nitrogens is 3. The standard InChI is InChI=1S/C23H20N4OS/c1-14-7-8-17(11-15(14)2)25-21-9-10-22-24-13-18(27(22)26-21)20-12-16-5-4-6-19(28-3)23(16)29-20/h4-13H,1-3H3,(H,25,26). The Labute approximate surface area is 172 Å². The minimum absolute atomic E-state index is 0.777. The maximum Gasteiger partial charge on any atom is 0.154 e. The van der Waals surface area contributed by atoms with Gasteiger partial charge in [-0.3, -0.25) is 0 Å². The monoisotopic (exact) mass is 400 g/mol. The number of ether oxygens (including phenoxy) is 1. The quantitative estimate of drug-likeness (QED) is 0.403. The summed E-state index contributed by atoms with van der Waals surface area (Å²) in [5, 5.41) is 9.35. The van der Waals surface area contributed by atoms with E-state index in [1.165, 1.54) is 11.1 Å². The van der Waals surface area contributed by atoms with Gasteiger partial charge in [-0.25, -0.2) is 9.50 Å². The molecule has 0 fully saturated rings. The first-order chi connectivity index (χ1) is 14.1. The van der Waals surface area contributed by atoms with Crippen molar-refractivity contribution in [3.63, 3.8) is 0 Å². The lowest BCUT2D eigenvalue weighted by atomic mass is 10.1. The molecule has 0 unspecified atom stereocenters. The van der Waals surface area contributed by atoms with Crippen LogP contribution in [0.3, 0.4) is 0 Å². The summed E-state index contributed by atoms with van der Waals surface area (Å²) in [4.78, 5) is 5.63. The lowest BCUT2D eigenvalue weighted by Gasteiger charge is -2.08. The second-order valence-electron chi connectivity index (χ2n) is 7.05. The van der Waals surface area contributed by atoms with E-state index in [1.807, 2.05) is 35.0 Å². The van der Waals surface area contributed by atoms with Crippen LogP contribution in [-0.4, -0.2) is 21.7 Å². The molecule has 0 aliphatic heterocycles. The average molecular weight is 401 g/mol. The number of nitrogens with zero attached hydrogens (tertiary/aromatic N) is 3. The molecule has 5 aromatic rings. The molecule has 0 spiro atoms. The zero-order valence-electron chi connectivity index (χ0n) is 16.4. The van der Waals surface area contributed by atoms with Gasteiger partial charge in [-0.15, -0.1) is 16.4 Å². The first-order valence-electron chi connectivity index (χ1n) is 9.38. The van der Waals surface area contributed by atoms with Gasteiger partial charge < -0.3 is 10.1 Å². The van der Waals surface area contributed by atoms with Gasteiger partial charge in [-0.05, 0) is 66.8 Å². The SMILES string of the molecule is COc1cccc2cc(-c3cnc4ccc(Nc5ccc(C)c(C)c5)nn34)sc12. The summed E-state index contributed by atoms with van der Waals surface area (Å²) in [5.74, 6) is 1.66. The fourth-order valence-electron chi connectivity index (χ4n) is 3.40. The van der Waals surface area contributed by atoms with Gasteiger partial charge in [0.25, 0.3) is 0 Å². The van der Waals surface area contributed by atoms with Gasteiger partial charge in [0, 0.05) is 5.69 Å². The maximum atomic E-state index is 5.51. The second kappa shape index (κ2) is 6.90. The smallest absolute Gasteiger partial charge is 0.154 e. The zero-order chi connectivity index (χ0) is 20.0. The fourth-order valence-corrected chi connectivity index (χ4v) is 4.54. The van der Waals surface area contributed by atoms with Crippen LogP contribution in [0.4, 0.5) is 11.5 Å². The largest absolute Gasteiger partial charge is 0.495 e. The molecular weight excluding hydrogens is 380 g/mol. The molecule has 0 atom stereocenters. The average Bonchev–Trinajstić information content (AvgIpc) is 3.34. The number of anilines is 2. The number of imidazole rings is 1. The van der Waals surface area contributed by atoms with Gasteiger partial charge in [-0.2, -0.15) is 0 Å². The summed E-state index contributed by atoms with van der Waals surface area (Å²) < 4.78 is 8.53. The number of benzene rings is 2. The number of thiophene rings is 1. The van der Waals surface area contributed by atoms with Crippen molar-refractivity contribution in [2.75, 3.05) is 12.4 Å². The lowest BCUT2D eigenvalue weighted by Crippen LogP contribution is -2.00. The summed E-state index contributed by atoms with van der Waals surface area (Å²) >= 11 is 1.69. The van der Waals surface area contributed by atoms with Gasteiger partial charge in [0.1, 0.15) is 11.4 Å². The molecule has 5 rings (SSSR count). The fraction of sp³-hybridized carbons (Fsp3) is 0.130. The van der Waals surface area contributed by atoms with Crippen LogP contribution in [0.15, 0.2) is 60.8 Å². The van der Waals surface area contributed by atoms with E-state index in [0.29, 0.717) is 0 Å². The van der Waals surface area contributed by atoms with Crippen molar-refractivity contribution in [2.45, 2.75) is 13.8 Å². The highest BCUT2D eigenvalue weighted by Crippen LogP contribution is 2.38. The van der Waals surface area contributed by atoms with Crippen molar-refractivity contribution in [3.8, 4) is 16.3 Å². The van der Waals surface area contributed by atoms with E-state index < -0.39 is 0 Å². The third kappa shape index (κ3) is 3.11. The van der Waals surface area contributed by atoms with Crippen LogP contribution < -0.4 is 10.1 Å². The summed E-state index contributed by atoms with van der Waals surface area (Å²) in [6.07, 6.45) is 1.87. The molecule has 0 radical (unpaired) electrons. The Morgan fingerprint density at radius 2 is 1.90 bits per heavy atom. The third-order valence-corrected chi connectivity index (χ3v) is 6.31. The van der Waals surface area contributed by atoms with E-state index in [4.69, 9.17) is 9.84 Å². The molecule has 0 aliphatic rings. The molecule has 0 saturated carbocycles. The number of methoxy groups -OCH3 is 1. The van der Waals surface area contributed by atoms with Crippen LogP contribution in [0, 0.1) is 13.8 Å². The molecule has 5 nitrogen and oxygen atoms in total. The maximum absolute atomic E-state index is 5.51. The second-order valence-corrected chi connectivity index (χ2v) is 8.10. The van der Waals surface area contributed by atoms with Crippen molar-refractivity contribution >= 4 is 38.6 Å². The summed E-state index contributed by atoms with van der Waals surface area (Å²) in [6, 6.07) is 18.5. The van der Waals surface area contributed by atoms with Crippen molar-refractivity contribution in [3.05, 3.63) is 71.9 Å². The molecule has 6 heteroatoms. The first kappa shape index (κ1) is 17.7. The Morgan fingerprint density at radius 3 is 2.72 bits per heavy atom. The molecule has 1 N–H and O–H groups in total. The van der Waals surface area contributed by atoms with Crippen molar-refractivity contribution in [1.82, 2.24) is 14.6 Å². The highest BCUT2D eigenvalue weighted by atomic mass is 32.1. The topological polar surface area (TPSA) is 51.5 Å². The Kier molecular flexibility index (Phi) is 4.21. The van der Waals surface area contributed by atoms with E-state index in [1.54, 1.807) is 18.4 Å². The molecule has 0 saturated heterocycles. The molecule has 3 aromatic heterocycles. The van der Waals surface area contributed by atoms with Crippen molar-refractivity contribution < 1.29 is 4.74 Å². The molecule has 0 bridgehead atoms. The number of aryl methyl sites for hydroxylation is 2. The Balaban J connectivity index is 1.57. The lowest BCUT2D eigenvalue weighted by molar-refractivity contribution is 0.420. The van der Waals surface area contributed by atoms with Crippen LogP contribution >= 0.6 is 11.3 Å². The molecular formula is C23H20N4OS. The predicted molar refractivity (Wildman–Crippen MR) is 120 cm³/mol. The van der Waals surface area contributed by atoms with Crippen LogP contribution in [0.5, 0.6) is 5.75 Å². The number of rotatable bonds is 4. The van der Waals surface area contributed by atoms with Gasteiger partial charge in [0.15, 0.2) is 11.5 Å². The van der Waals surface area contributed by atoms with Crippen LogP contribution in [0.25, 0.3) is 26.3 Å². The zero-order valence-corrected chi connectivity index (χ0v) is 17.2. The Hall–Kier alpha value is -3.38. The van der Waals surface area contributed by atoms with Gasteiger partial charge in [-0.1, -0.05) is 18.2 Å². The summed E-state index contributed by atoms with van der Waals surface area (Å²) in [6.45, 7) is 4.22. The molecule has 29 heavy (non-hydrogen) atoms. The Morgan fingerprint density at radius 1 is 1.00 bits per heavy atom. The summed E-state index contributed by atoms with van der Waals surface area (Å²) in [5.41, 5.74) is 5.32. The molecule has 3 heterocycles. The number of hydrogen-bond acceptors (Lipinski definition) is 5. The molecule has 0 aliphatic carbocycles. The van der Waals surface area contributed by atoms with Crippen LogP contribution in [0.1, 0.15) is 11.1 Å². The predicted octanol–water partition coefficient (Wildman–Crippen LogP) is 5.98. The van der Waals surface area contributed by atoms with E-state index in [9.17, 15) is 0 Å². The Bertz CT molecular complexity index is 1350. The number of nitrogens with one attached hydrogen (secondary N) is 1. The molecule has 144 valence electrons. The van der Waals surface area contributed by atoms with Crippen LogP contribution in [-0.2, 0) is 0 Å². The van der Waals surface area contributed by atoms with Crippen LogP contribution in [0.2, 0.25) is 0 Å². The van der Waals surface area contributed by atoms with Gasteiger partial charge in [0.05, 0.1) is 22.9 Å². The van der Waals surface area contributed by atoms with Crippen molar-refractivity contribution in [2.24, 2.45) is 0 Å². The highest BCUT2D eigenvalue weighted by Gasteiger charge is 2.13. The van der Waals surface area contributed by atoms with E-state index in [0.717, 1.165) is 43.6 Å². The van der Waals surface area contributed by atoms with Gasteiger partial charge >= 0.3 is 0 Å². The minimum atomic E-state index is 0.777. The normalized spacial score (nSPS) is 11.3. The molecule has 0 amide bonds.